The summed E-state index contributed by atoms with van der Waals surface area (Å²) >= 11 is 0. The van der Waals surface area contributed by atoms with Crippen LogP contribution in [-0.2, 0) is 0 Å². The van der Waals surface area contributed by atoms with Crippen LogP contribution < -0.4 is 5.32 Å². The molecule has 0 saturated heterocycles. The second-order valence-electron chi connectivity index (χ2n) is 1.78. The number of nitriles is 1. The van der Waals surface area contributed by atoms with Crippen molar-refractivity contribution in [3.05, 3.63) is 24.0 Å². The Morgan fingerprint density at radius 1 is 1.70 bits per heavy atom. The Labute approximate surface area is 59.3 Å². The van der Waals surface area contributed by atoms with Gasteiger partial charge in [0.1, 0.15) is 6.07 Å². The lowest BCUT2D eigenvalue weighted by molar-refractivity contribution is 1.29. The standard InChI is InChI=1S/C7H7N3/c1-9-7-5-10-3-2-6(7)4-8/h2-3,5,9H,1H3. The van der Waals surface area contributed by atoms with Gasteiger partial charge in [0.15, 0.2) is 0 Å². The van der Waals surface area contributed by atoms with E-state index in [1.54, 1.807) is 25.5 Å². The summed E-state index contributed by atoms with van der Waals surface area (Å²) in [5.74, 6) is 0. The number of nitrogens with zero attached hydrogens (tertiary/aromatic N) is 2. The largest absolute Gasteiger partial charge is 0.386 e. The van der Waals surface area contributed by atoms with Crippen LogP contribution in [0.4, 0.5) is 5.69 Å². The van der Waals surface area contributed by atoms with Gasteiger partial charge in [-0.15, -0.1) is 0 Å². The number of anilines is 1. The quantitative estimate of drug-likeness (QED) is 0.621. The average Bonchev–Trinajstić information content (AvgIpc) is 2.04. The smallest absolute Gasteiger partial charge is 0.101 e. The van der Waals surface area contributed by atoms with Crippen molar-refractivity contribution in [2.75, 3.05) is 12.4 Å². The van der Waals surface area contributed by atoms with Crippen LogP contribution in [0, 0.1) is 11.3 Å². The Balaban J connectivity index is 3.12. The topological polar surface area (TPSA) is 48.7 Å². The molecule has 10 heavy (non-hydrogen) atoms. The minimum Gasteiger partial charge on any atom is -0.386 e. The van der Waals surface area contributed by atoms with Gasteiger partial charge in [-0.1, -0.05) is 0 Å². The van der Waals surface area contributed by atoms with Crippen molar-refractivity contribution in [2.24, 2.45) is 0 Å². The first-order valence-electron chi connectivity index (χ1n) is 2.90. The van der Waals surface area contributed by atoms with Crippen LogP contribution in [0.2, 0.25) is 0 Å². The van der Waals surface area contributed by atoms with Gasteiger partial charge in [0.2, 0.25) is 0 Å². The molecule has 3 nitrogen and oxygen atoms in total. The van der Waals surface area contributed by atoms with E-state index in [4.69, 9.17) is 5.26 Å². The zero-order valence-corrected chi connectivity index (χ0v) is 5.63. The van der Waals surface area contributed by atoms with Crippen molar-refractivity contribution < 1.29 is 0 Å². The van der Waals surface area contributed by atoms with Crippen molar-refractivity contribution in [3.63, 3.8) is 0 Å². The fourth-order valence-corrected chi connectivity index (χ4v) is 0.691. The molecule has 0 bridgehead atoms. The minimum absolute atomic E-state index is 0.623. The molecule has 0 atom stereocenters. The van der Waals surface area contributed by atoms with Crippen LogP contribution in [0.5, 0.6) is 0 Å². The van der Waals surface area contributed by atoms with Crippen molar-refractivity contribution in [2.45, 2.75) is 0 Å². The minimum atomic E-state index is 0.623. The summed E-state index contributed by atoms with van der Waals surface area (Å²) in [7, 11) is 1.76. The molecule has 0 fully saturated rings. The molecule has 3 heteroatoms. The molecular weight excluding hydrogens is 126 g/mol. The summed E-state index contributed by atoms with van der Waals surface area (Å²) in [6, 6.07) is 3.72. The van der Waals surface area contributed by atoms with Crippen molar-refractivity contribution in [3.8, 4) is 6.07 Å². The molecule has 1 rings (SSSR count). The third kappa shape index (κ3) is 1.06. The molecule has 1 heterocycles. The fourth-order valence-electron chi connectivity index (χ4n) is 0.691. The Morgan fingerprint density at radius 3 is 3.00 bits per heavy atom. The number of pyridine rings is 1. The highest BCUT2D eigenvalue weighted by Gasteiger charge is 1.95. The summed E-state index contributed by atoms with van der Waals surface area (Å²) < 4.78 is 0. The number of hydrogen-bond acceptors (Lipinski definition) is 3. The maximum Gasteiger partial charge on any atom is 0.101 e. The molecule has 0 saturated carbocycles. The van der Waals surface area contributed by atoms with Gasteiger partial charge in [-0.05, 0) is 6.07 Å². The predicted molar refractivity (Wildman–Crippen MR) is 38.5 cm³/mol. The molecule has 0 aromatic carbocycles. The third-order valence-electron chi connectivity index (χ3n) is 1.21. The van der Waals surface area contributed by atoms with Gasteiger partial charge in [0.05, 0.1) is 17.4 Å². The van der Waals surface area contributed by atoms with Crippen LogP contribution in [0.25, 0.3) is 0 Å². The Bertz CT molecular complexity index is 262. The number of nitrogens with one attached hydrogen (secondary N) is 1. The molecule has 0 amide bonds. The van der Waals surface area contributed by atoms with Gasteiger partial charge < -0.3 is 5.32 Å². The number of aromatic nitrogens is 1. The van der Waals surface area contributed by atoms with Crippen LogP contribution in [0.15, 0.2) is 18.5 Å². The van der Waals surface area contributed by atoms with E-state index >= 15 is 0 Å². The summed E-state index contributed by atoms with van der Waals surface area (Å²) in [4.78, 5) is 3.85. The third-order valence-corrected chi connectivity index (χ3v) is 1.21. The lowest BCUT2D eigenvalue weighted by Crippen LogP contribution is -1.91. The van der Waals surface area contributed by atoms with E-state index in [1.165, 1.54) is 0 Å². The number of rotatable bonds is 1. The first-order valence-corrected chi connectivity index (χ1v) is 2.90. The highest BCUT2D eigenvalue weighted by Crippen LogP contribution is 2.09. The summed E-state index contributed by atoms with van der Waals surface area (Å²) in [5.41, 5.74) is 1.39. The average molecular weight is 133 g/mol. The van der Waals surface area contributed by atoms with E-state index in [0.29, 0.717) is 5.56 Å². The van der Waals surface area contributed by atoms with Crippen LogP contribution in [0.1, 0.15) is 5.56 Å². The molecule has 0 spiro atoms. The monoisotopic (exact) mass is 133 g/mol. The molecule has 50 valence electrons. The van der Waals surface area contributed by atoms with E-state index in [1.807, 2.05) is 6.07 Å². The molecule has 0 aliphatic rings. The van der Waals surface area contributed by atoms with Gasteiger partial charge in [0.25, 0.3) is 0 Å². The normalized spacial score (nSPS) is 8.40. The summed E-state index contributed by atoms with van der Waals surface area (Å²) in [5, 5.41) is 11.4. The van der Waals surface area contributed by atoms with Crippen molar-refractivity contribution in [1.82, 2.24) is 4.98 Å². The highest BCUT2D eigenvalue weighted by atomic mass is 14.8. The van der Waals surface area contributed by atoms with Gasteiger partial charge in [-0.2, -0.15) is 5.26 Å². The lowest BCUT2D eigenvalue weighted by Gasteiger charge is -1.98. The SMILES string of the molecule is CNc1cnccc1C#N. The Hall–Kier alpha value is -1.56. The van der Waals surface area contributed by atoms with E-state index in [0.717, 1.165) is 5.69 Å². The molecule has 0 aliphatic carbocycles. The molecule has 1 N–H and O–H groups in total. The van der Waals surface area contributed by atoms with E-state index < -0.39 is 0 Å². The first kappa shape index (κ1) is 6.56. The Kier molecular flexibility index (Phi) is 1.86. The highest BCUT2D eigenvalue weighted by molar-refractivity contribution is 5.54. The second kappa shape index (κ2) is 2.83. The predicted octanol–water partition coefficient (Wildman–Crippen LogP) is 0.995. The maximum absolute atomic E-state index is 8.53. The van der Waals surface area contributed by atoms with Crippen LogP contribution >= 0.6 is 0 Å². The molecule has 1 aromatic rings. The molecule has 0 unspecified atom stereocenters. The molecular formula is C7H7N3. The van der Waals surface area contributed by atoms with Gasteiger partial charge in [-0.3, -0.25) is 4.98 Å². The zero-order valence-electron chi connectivity index (χ0n) is 5.63. The summed E-state index contributed by atoms with van der Waals surface area (Å²) in [6.07, 6.45) is 3.22. The Morgan fingerprint density at radius 2 is 2.50 bits per heavy atom. The molecule has 0 aliphatic heterocycles. The van der Waals surface area contributed by atoms with Crippen LogP contribution in [0.3, 0.4) is 0 Å². The molecule has 1 aromatic heterocycles. The van der Waals surface area contributed by atoms with E-state index in [-0.39, 0.29) is 0 Å². The maximum atomic E-state index is 8.53. The van der Waals surface area contributed by atoms with E-state index in [2.05, 4.69) is 10.3 Å². The fraction of sp³-hybridized carbons (Fsp3) is 0.143. The first-order chi connectivity index (χ1) is 4.88. The van der Waals surface area contributed by atoms with Crippen molar-refractivity contribution >= 4 is 5.69 Å². The lowest BCUT2D eigenvalue weighted by atomic mass is 10.2. The van der Waals surface area contributed by atoms with Crippen LogP contribution in [-0.4, -0.2) is 12.0 Å². The number of hydrogen-bond donors (Lipinski definition) is 1. The van der Waals surface area contributed by atoms with Crippen molar-refractivity contribution in [1.29, 1.82) is 5.26 Å². The summed E-state index contributed by atoms with van der Waals surface area (Å²) in [6.45, 7) is 0. The zero-order chi connectivity index (χ0) is 7.40. The second-order valence-corrected chi connectivity index (χ2v) is 1.78. The van der Waals surface area contributed by atoms with E-state index in [9.17, 15) is 0 Å². The van der Waals surface area contributed by atoms with Gasteiger partial charge in [0, 0.05) is 13.2 Å². The van der Waals surface area contributed by atoms with Gasteiger partial charge >= 0.3 is 0 Å². The van der Waals surface area contributed by atoms with Gasteiger partial charge in [-0.25, -0.2) is 0 Å². The molecule has 0 radical (unpaired) electrons.